The average molecular weight is 173 g/mol. The lowest BCUT2D eigenvalue weighted by molar-refractivity contribution is -0.124. The molecule has 0 aliphatic heterocycles. The van der Waals surface area contributed by atoms with Crippen LogP contribution in [0, 0.1) is 0 Å². The molecule has 4 nitrogen and oxygen atoms in total. The quantitative estimate of drug-likeness (QED) is 0.467. The third-order valence-electron chi connectivity index (χ3n) is 1.47. The second kappa shape index (κ2) is 8.23. The first-order valence-electron chi connectivity index (χ1n) is 3.74. The minimum Gasteiger partial charge on any atom is -0.344 e. The highest BCUT2D eigenvalue weighted by atomic mass is 16.2. The molecule has 0 radical (unpaired) electrons. The first kappa shape index (κ1) is 13.7. The molecular formula is C8H19N3O. The van der Waals surface area contributed by atoms with Gasteiger partial charge in [-0.25, -0.2) is 0 Å². The summed E-state index contributed by atoms with van der Waals surface area (Å²) in [6.45, 7) is 5.13. The van der Waals surface area contributed by atoms with Gasteiger partial charge in [-0.2, -0.15) is 0 Å². The minimum absolute atomic E-state index is 0. The number of amides is 1. The van der Waals surface area contributed by atoms with Crippen LogP contribution in [-0.2, 0) is 4.79 Å². The van der Waals surface area contributed by atoms with Crippen molar-refractivity contribution in [1.29, 1.82) is 0 Å². The van der Waals surface area contributed by atoms with E-state index in [1.165, 1.54) is 6.08 Å². The van der Waals surface area contributed by atoms with E-state index in [1.807, 2.05) is 7.05 Å². The average Bonchev–Trinajstić information content (AvgIpc) is 2.03. The molecule has 0 heterocycles. The molecule has 0 aliphatic rings. The maximum absolute atomic E-state index is 10.9. The second-order valence-corrected chi connectivity index (χ2v) is 2.42. The van der Waals surface area contributed by atoms with E-state index in [4.69, 9.17) is 0 Å². The summed E-state index contributed by atoms with van der Waals surface area (Å²) >= 11 is 0. The monoisotopic (exact) mass is 173 g/mol. The molecule has 0 saturated carbocycles. The molecule has 0 aromatic heterocycles. The van der Waals surface area contributed by atoms with E-state index in [0.717, 1.165) is 19.5 Å². The Morgan fingerprint density at radius 1 is 1.67 bits per heavy atom. The number of nitrogens with zero attached hydrogens (tertiary/aromatic N) is 1. The van der Waals surface area contributed by atoms with E-state index < -0.39 is 0 Å². The summed E-state index contributed by atoms with van der Waals surface area (Å²) in [7, 11) is 3.68. The molecule has 0 fully saturated rings. The highest BCUT2D eigenvalue weighted by Crippen LogP contribution is 1.87. The van der Waals surface area contributed by atoms with Gasteiger partial charge in [-0.1, -0.05) is 6.58 Å². The lowest BCUT2D eigenvalue weighted by atomic mass is 10.4. The second-order valence-electron chi connectivity index (χ2n) is 2.42. The minimum atomic E-state index is -0.0129. The van der Waals surface area contributed by atoms with Crippen molar-refractivity contribution in [2.75, 3.05) is 27.2 Å². The molecule has 0 saturated heterocycles. The summed E-state index contributed by atoms with van der Waals surface area (Å²) in [6, 6.07) is 0. The zero-order valence-electron chi connectivity index (χ0n) is 7.97. The van der Waals surface area contributed by atoms with E-state index in [9.17, 15) is 4.79 Å². The Balaban J connectivity index is 0. The van der Waals surface area contributed by atoms with E-state index in [2.05, 4.69) is 11.9 Å². The smallest absolute Gasteiger partial charge is 0.245 e. The molecule has 0 rings (SSSR count). The third kappa shape index (κ3) is 5.88. The third-order valence-corrected chi connectivity index (χ3v) is 1.47. The molecule has 72 valence electrons. The number of nitrogens with one attached hydrogen (secondary N) is 1. The van der Waals surface area contributed by atoms with Gasteiger partial charge in [0.25, 0.3) is 0 Å². The number of likely N-dealkylation sites (N-methyl/N-ethyl adjacent to an activating group) is 1. The van der Waals surface area contributed by atoms with Gasteiger partial charge in [-0.15, -0.1) is 0 Å². The van der Waals surface area contributed by atoms with Crippen LogP contribution in [-0.4, -0.2) is 38.0 Å². The van der Waals surface area contributed by atoms with Gasteiger partial charge in [0.05, 0.1) is 0 Å². The van der Waals surface area contributed by atoms with E-state index in [-0.39, 0.29) is 12.1 Å². The van der Waals surface area contributed by atoms with Crippen LogP contribution >= 0.6 is 0 Å². The Labute approximate surface area is 74.2 Å². The van der Waals surface area contributed by atoms with Crippen molar-refractivity contribution in [1.82, 2.24) is 16.4 Å². The van der Waals surface area contributed by atoms with Crippen molar-refractivity contribution in [3.63, 3.8) is 0 Å². The maximum atomic E-state index is 10.9. The first-order chi connectivity index (χ1) is 5.22. The van der Waals surface area contributed by atoms with Gasteiger partial charge in [0.2, 0.25) is 5.91 Å². The van der Waals surface area contributed by atoms with Crippen molar-refractivity contribution in [3.8, 4) is 0 Å². The van der Waals surface area contributed by atoms with Gasteiger partial charge < -0.3 is 16.4 Å². The summed E-state index contributed by atoms with van der Waals surface area (Å²) in [5, 5.41) is 3.02. The number of hydrogen-bond donors (Lipinski definition) is 2. The predicted octanol–water partition coefficient (Wildman–Crippen LogP) is 0.402. The SMILES string of the molecule is C=CC(=O)N(C)CCCNC.N. The molecule has 0 atom stereocenters. The molecule has 1 amide bonds. The molecule has 0 spiro atoms. The Kier molecular flexibility index (Phi) is 9.40. The van der Waals surface area contributed by atoms with Gasteiger partial charge in [-0.05, 0) is 26.1 Å². The fourth-order valence-electron chi connectivity index (χ4n) is 0.759. The summed E-state index contributed by atoms with van der Waals surface area (Å²) in [5.74, 6) is -0.0129. The maximum Gasteiger partial charge on any atom is 0.245 e. The summed E-state index contributed by atoms with van der Waals surface area (Å²) in [6.07, 6.45) is 2.31. The fraction of sp³-hybridized carbons (Fsp3) is 0.625. The molecule has 12 heavy (non-hydrogen) atoms. The fourth-order valence-corrected chi connectivity index (χ4v) is 0.759. The van der Waals surface area contributed by atoms with Gasteiger partial charge in [-0.3, -0.25) is 4.79 Å². The van der Waals surface area contributed by atoms with Crippen LogP contribution < -0.4 is 11.5 Å². The Morgan fingerprint density at radius 2 is 2.25 bits per heavy atom. The Morgan fingerprint density at radius 3 is 2.67 bits per heavy atom. The number of hydrogen-bond acceptors (Lipinski definition) is 3. The molecular weight excluding hydrogens is 154 g/mol. The van der Waals surface area contributed by atoms with Gasteiger partial charge in [0.15, 0.2) is 0 Å². The zero-order valence-corrected chi connectivity index (χ0v) is 7.97. The molecule has 4 N–H and O–H groups in total. The van der Waals surface area contributed by atoms with E-state index in [1.54, 1.807) is 11.9 Å². The van der Waals surface area contributed by atoms with Crippen molar-refractivity contribution in [3.05, 3.63) is 12.7 Å². The topological polar surface area (TPSA) is 67.3 Å². The lowest BCUT2D eigenvalue weighted by Gasteiger charge is -2.13. The Bertz CT molecular complexity index is 136. The van der Waals surface area contributed by atoms with Gasteiger partial charge >= 0.3 is 0 Å². The van der Waals surface area contributed by atoms with Crippen molar-refractivity contribution in [2.24, 2.45) is 0 Å². The molecule has 0 aliphatic carbocycles. The zero-order chi connectivity index (χ0) is 8.69. The Hall–Kier alpha value is -0.870. The number of rotatable bonds is 5. The molecule has 0 aromatic rings. The highest BCUT2D eigenvalue weighted by molar-refractivity contribution is 5.86. The highest BCUT2D eigenvalue weighted by Gasteiger charge is 2.01. The van der Waals surface area contributed by atoms with Crippen molar-refractivity contribution in [2.45, 2.75) is 6.42 Å². The molecule has 4 heteroatoms. The predicted molar refractivity (Wildman–Crippen MR) is 51.4 cm³/mol. The summed E-state index contributed by atoms with van der Waals surface area (Å²) in [4.78, 5) is 12.6. The van der Waals surface area contributed by atoms with Crippen LogP contribution in [0.2, 0.25) is 0 Å². The van der Waals surface area contributed by atoms with Crippen LogP contribution in [0.1, 0.15) is 6.42 Å². The lowest BCUT2D eigenvalue weighted by Crippen LogP contribution is -2.27. The largest absolute Gasteiger partial charge is 0.344 e. The summed E-state index contributed by atoms with van der Waals surface area (Å²) in [5.41, 5.74) is 0. The van der Waals surface area contributed by atoms with Crippen LogP contribution in [0.5, 0.6) is 0 Å². The standard InChI is InChI=1S/C8H16N2O.H3N/c1-4-8(11)10(3)7-5-6-9-2;/h4,9H,1,5-7H2,2-3H3;1H3. The van der Waals surface area contributed by atoms with Crippen LogP contribution in [0.15, 0.2) is 12.7 Å². The number of carbonyl (C=O) groups excluding carboxylic acids is 1. The van der Waals surface area contributed by atoms with Crippen LogP contribution in [0.25, 0.3) is 0 Å². The normalized spacial score (nSPS) is 8.50. The van der Waals surface area contributed by atoms with Gasteiger partial charge in [0.1, 0.15) is 0 Å². The molecule has 0 unspecified atom stereocenters. The van der Waals surface area contributed by atoms with Crippen molar-refractivity contribution >= 4 is 5.91 Å². The van der Waals surface area contributed by atoms with E-state index >= 15 is 0 Å². The number of carbonyl (C=O) groups is 1. The molecule has 0 bridgehead atoms. The van der Waals surface area contributed by atoms with Gasteiger partial charge in [0, 0.05) is 13.6 Å². The molecule has 0 aromatic carbocycles. The summed E-state index contributed by atoms with van der Waals surface area (Å²) < 4.78 is 0. The van der Waals surface area contributed by atoms with Crippen LogP contribution in [0.3, 0.4) is 0 Å². The van der Waals surface area contributed by atoms with Crippen molar-refractivity contribution < 1.29 is 4.79 Å². The van der Waals surface area contributed by atoms with Crippen LogP contribution in [0.4, 0.5) is 0 Å². The first-order valence-corrected chi connectivity index (χ1v) is 3.74. The van der Waals surface area contributed by atoms with E-state index in [0.29, 0.717) is 0 Å².